The summed E-state index contributed by atoms with van der Waals surface area (Å²) in [6, 6.07) is 5.15. The molecule has 1 aliphatic heterocycles. The van der Waals surface area contributed by atoms with Crippen LogP contribution in [0.1, 0.15) is 6.42 Å². The number of carbonyl (C=O) groups excluding carboxylic acids is 1. The second kappa shape index (κ2) is 9.08. The number of β-amino-alcohol motifs (C(OH)–C–C–N with tert-alkyl or cyclic N) is 1. The lowest BCUT2D eigenvalue weighted by Crippen LogP contribution is -2.47. The normalized spacial score (nSPS) is 16.3. The van der Waals surface area contributed by atoms with Gasteiger partial charge in [0.15, 0.2) is 0 Å². The molecule has 0 radical (unpaired) electrons. The molecule has 0 aliphatic carbocycles. The molecule has 1 aliphatic rings. The second-order valence-electron chi connectivity index (χ2n) is 5.55. The lowest BCUT2D eigenvalue weighted by Gasteiger charge is -2.34. The number of hydrogen-bond donors (Lipinski definition) is 2. The number of methoxy groups -OCH3 is 1. The third-order valence-corrected chi connectivity index (χ3v) is 4.21. The first-order chi connectivity index (χ1) is 11.1. The summed E-state index contributed by atoms with van der Waals surface area (Å²) in [6.07, 6.45) is 0.426. The van der Waals surface area contributed by atoms with Gasteiger partial charge in [0.25, 0.3) is 0 Å². The molecule has 1 aromatic rings. The molecule has 1 aromatic carbocycles. The summed E-state index contributed by atoms with van der Waals surface area (Å²) < 4.78 is 5.22. The van der Waals surface area contributed by atoms with Crippen molar-refractivity contribution in [3.8, 4) is 5.75 Å². The van der Waals surface area contributed by atoms with Crippen molar-refractivity contribution in [1.29, 1.82) is 0 Å². The highest BCUT2D eigenvalue weighted by Crippen LogP contribution is 2.27. The molecular formula is C16H24ClN3O3. The van der Waals surface area contributed by atoms with E-state index < -0.39 is 0 Å². The number of amides is 1. The lowest BCUT2D eigenvalue weighted by atomic mass is 10.2. The van der Waals surface area contributed by atoms with Gasteiger partial charge < -0.3 is 20.1 Å². The van der Waals surface area contributed by atoms with Crippen molar-refractivity contribution in [3.05, 3.63) is 23.2 Å². The highest BCUT2D eigenvalue weighted by Gasteiger charge is 2.17. The summed E-state index contributed by atoms with van der Waals surface area (Å²) in [7, 11) is 1.56. The number of halogens is 1. The van der Waals surface area contributed by atoms with Crippen LogP contribution in [0.4, 0.5) is 5.69 Å². The van der Waals surface area contributed by atoms with Crippen LogP contribution >= 0.6 is 11.6 Å². The number of aliphatic hydroxyl groups is 1. The first kappa shape index (κ1) is 18.0. The van der Waals surface area contributed by atoms with Gasteiger partial charge in [-0.2, -0.15) is 0 Å². The van der Waals surface area contributed by atoms with E-state index >= 15 is 0 Å². The Labute approximate surface area is 142 Å². The summed E-state index contributed by atoms with van der Waals surface area (Å²) in [5.41, 5.74) is 0.595. The third-order valence-electron chi connectivity index (χ3n) is 3.97. The molecule has 2 rings (SSSR count). The van der Waals surface area contributed by atoms with E-state index in [1.165, 1.54) is 0 Å². The largest absolute Gasteiger partial charge is 0.495 e. The molecule has 0 unspecified atom stereocenters. The molecule has 1 saturated heterocycles. The molecule has 1 amide bonds. The minimum Gasteiger partial charge on any atom is -0.495 e. The summed E-state index contributed by atoms with van der Waals surface area (Å²) in [4.78, 5) is 16.6. The zero-order chi connectivity index (χ0) is 16.7. The molecule has 7 heteroatoms. The smallest absolute Gasteiger partial charge is 0.225 e. The van der Waals surface area contributed by atoms with Gasteiger partial charge in [-0.25, -0.2) is 0 Å². The molecule has 0 saturated carbocycles. The Hall–Kier alpha value is -1.34. The molecule has 0 bridgehead atoms. The fraction of sp³-hybridized carbons (Fsp3) is 0.562. The van der Waals surface area contributed by atoms with E-state index in [2.05, 4.69) is 15.1 Å². The second-order valence-corrected chi connectivity index (χ2v) is 5.99. The van der Waals surface area contributed by atoms with Crippen LogP contribution in [0.15, 0.2) is 18.2 Å². The van der Waals surface area contributed by atoms with Crippen LogP contribution in [0.5, 0.6) is 5.75 Å². The number of piperazine rings is 1. The summed E-state index contributed by atoms with van der Waals surface area (Å²) >= 11 is 5.96. The molecule has 6 nitrogen and oxygen atoms in total. The molecule has 1 heterocycles. The Morgan fingerprint density at radius 1 is 1.26 bits per heavy atom. The van der Waals surface area contributed by atoms with Crippen molar-refractivity contribution < 1.29 is 14.6 Å². The number of hydrogen-bond acceptors (Lipinski definition) is 5. The third kappa shape index (κ3) is 5.66. The summed E-state index contributed by atoms with van der Waals surface area (Å²) in [5, 5.41) is 12.3. The molecule has 2 N–H and O–H groups in total. The number of aliphatic hydroxyl groups excluding tert-OH is 1. The fourth-order valence-electron chi connectivity index (χ4n) is 2.63. The lowest BCUT2D eigenvalue weighted by molar-refractivity contribution is -0.116. The molecule has 23 heavy (non-hydrogen) atoms. The van der Waals surface area contributed by atoms with E-state index in [1.54, 1.807) is 25.3 Å². The Morgan fingerprint density at radius 3 is 2.52 bits per heavy atom. The van der Waals surface area contributed by atoms with Crippen molar-refractivity contribution in [2.75, 3.05) is 58.3 Å². The Balaban J connectivity index is 1.77. The van der Waals surface area contributed by atoms with Gasteiger partial charge in [0.2, 0.25) is 5.91 Å². The van der Waals surface area contributed by atoms with E-state index in [0.717, 1.165) is 39.3 Å². The maximum Gasteiger partial charge on any atom is 0.225 e. The zero-order valence-corrected chi connectivity index (χ0v) is 14.2. The van der Waals surface area contributed by atoms with Crippen molar-refractivity contribution >= 4 is 23.2 Å². The Morgan fingerprint density at radius 2 is 1.91 bits per heavy atom. The van der Waals surface area contributed by atoms with E-state index in [1.807, 2.05) is 0 Å². The van der Waals surface area contributed by atoms with Crippen LogP contribution in [-0.2, 0) is 4.79 Å². The molecule has 0 spiro atoms. The van der Waals surface area contributed by atoms with Crippen LogP contribution in [0.2, 0.25) is 5.02 Å². The first-order valence-electron chi connectivity index (χ1n) is 7.81. The highest BCUT2D eigenvalue weighted by atomic mass is 35.5. The maximum absolute atomic E-state index is 12.1. The Bertz CT molecular complexity index is 519. The average molecular weight is 342 g/mol. The van der Waals surface area contributed by atoms with Gasteiger partial charge in [-0.1, -0.05) is 11.6 Å². The number of anilines is 1. The summed E-state index contributed by atoms with van der Waals surface area (Å²) in [5.74, 6) is 0.545. The summed E-state index contributed by atoms with van der Waals surface area (Å²) in [6.45, 7) is 5.37. The number of rotatable bonds is 7. The topological polar surface area (TPSA) is 65.0 Å². The number of nitrogens with one attached hydrogen (secondary N) is 1. The van der Waals surface area contributed by atoms with Gasteiger partial charge in [0, 0.05) is 50.7 Å². The molecule has 0 atom stereocenters. The van der Waals surface area contributed by atoms with Crippen molar-refractivity contribution in [2.45, 2.75) is 6.42 Å². The van der Waals surface area contributed by atoms with Crippen LogP contribution in [0, 0.1) is 0 Å². The van der Waals surface area contributed by atoms with Crippen LogP contribution in [0.3, 0.4) is 0 Å². The van der Waals surface area contributed by atoms with E-state index in [-0.39, 0.29) is 12.5 Å². The number of nitrogens with zero attached hydrogens (tertiary/aromatic N) is 2. The standard InChI is InChI=1S/C16H24ClN3O3/c1-23-15-3-2-13(17)12-14(15)18-16(22)4-5-19-6-8-20(9-7-19)10-11-21/h2-3,12,21H,4-11H2,1H3,(H,18,22). The van der Waals surface area contributed by atoms with Crippen molar-refractivity contribution in [3.63, 3.8) is 0 Å². The fourth-order valence-corrected chi connectivity index (χ4v) is 2.80. The van der Waals surface area contributed by atoms with Crippen molar-refractivity contribution in [2.24, 2.45) is 0 Å². The minimum absolute atomic E-state index is 0.0524. The Kier molecular flexibility index (Phi) is 7.11. The molecule has 1 fully saturated rings. The maximum atomic E-state index is 12.1. The predicted molar refractivity (Wildman–Crippen MR) is 91.2 cm³/mol. The number of carbonyl (C=O) groups is 1. The predicted octanol–water partition coefficient (Wildman–Crippen LogP) is 1.29. The van der Waals surface area contributed by atoms with Gasteiger partial charge in [0.1, 0.15) is 5.75 Å². The van der Waals surface area contributed by atoms with Crippen LogP contribution in [-0.4, -0.2) is 73.8 Å². The van der Waals surface area contributed by atoms with Gasteiger partial charge in [-0.15, -0.1) is 0 Å². The molecule has 128 valence electrons. The van der Waals surface area contributed by atoms with Gasteiger partial charge in [0.05, 0.1) is 19.4 Å². The quantitative estimate of drug-likeness (QED) is 0.782. The van der Waals surface area contributed by atoms with E-state index in [9.17, 15) is 4.79 Å². The van der Waals surface area contributed by atoms with Crippen LogP contribution in [0.25, 0.3) is 0 Å². The van der Waals surface area contributed by atoms with Gasteiger partial charge in [-0.3, -0.25) is 9.69 Å². The molecule has 0 aromatic heterocycles. The van der Waals surface area contributed by atoms with E-state index in [0.29, 0.717) is 22.9 Å². The number of benzene rings is 1. The SMILES string of the molecule is COc1ccc(Cl)cc1NC(=O)CCN1CCN(CCO)CC1. The van der Waals surface area contributed by atoms with Crippen LogP contribution < -0.4 is 10.1 Å². The van der Waals surface area contributed by atoms with Gasteiger partial charge >= 0.3 is 0 Å². The highest BCUT2D eigenvalue weighted by molar-refractivity contribution is 6.31. The van der Waals surface area contributed by atoms with E-state index in [4.69, 9.17) is 21.4 Å². The van der Waals surface area contributed by atoms with Crippen molar-refractivity contribution in [1.82, 2.24) is 9.80 Å². The minimum atomic E-state index is -0.0524. The number of ether oxygens (including phenoxy) is 1. The first-order valence-corrected chi connectivity index (χ1v) is 8.19. The monoisotopic (exact) mass is 341 g/mol. The average Bonchev–Trinajstić information content (AvgIpc) is 2.55. The molecular weight excluding hydrogens is 318 g/mol. The van der Waals surface area contributed by atoms with Gasteiger partial charge in [-0.05, 0) is 18.2 Å². The zero-order valence-electron chi connectivity index (χ0n) is 13.4.